The number of carbonyl (C=O) groups is 1. The highest BCUT2D eigenvalue weighted by Crippen LogP contribution is 2.12. The minimum atomic E-state index is -0.0655. The average molecular weight is 315 g/mol. The van der Waals surface area contributed by atoms with Crippen molar-refractivity contribution in [1.82, 2.24) is 20.3 Å². The summed E-state index contributed by atoms with van der Waals surface area (Å²) in [7, 11) is 0. The molecule has 0 saturated heterocycles. The van der Waals surface area contributed by atoms with E-state index in [9.17, 15) is 4.79 Å². The lowest BCUT2D eigenvalue weighted by Crippen LogP contribution is -2.41. The molecule has 124 valence electrons. The Morgan fingerprint density at radius 1 is 1.30 bits per heavy atom. The highest BCUT2D eigenvalue weighted by atomic mass is 16.1. The second-order valence-corrected chi connectivity index (χ2v) is 6.18. The third-order valence-corrected chi connectivity index (χ3v) is 3.72. The van der Waals surface area contributed by atoms with Crippen LogP contribution in [0.25, 0.3) is 5.69 Å². The van der Waals surface area contributed by atoms with Crippen molar-refractivity contribution in [2.75, 3.05) is 6.54 Å². The molecule has 2 aromatic rings. The molecule has 6 nitrogen and oxygen atoms in total. The molecule has 23 heavy (non-hydrogen) atoms. The molecule has 6 heteroatoms. The zero-order chi connectivity index (χ0) is 16.8. The molecule has 1 aromatic heterocycles. The van der Waals surface area contributed by atoms with E-state index in [0.717, 1.165) is 17.8 Å². The van der Waals surface area contributed by atoms with Crippen LogP contribution in [0.3, 0.4) is 0 Å². The molecule has 0 aliphatic rings. The van der Waals surface area contributed by atoms with Gasteiger partial charge in [0.1, 0.15) is 0 Å². The van der Waals surface area contributed by atoms with Crippen molar-refractivity contribution in [3.63, 3.8) is 0 Å². The average Bonchev–Trinajstić information content (AvgIpc) is 2.88. The molecule has 0 aliphatic heterocycles. The summed E-state index contributed by atoms with van der Waals surface area (Å²) in [4.78, 5) is 12.2. The fourth-order valence-electron chi connectivity index (χ4n) is 2.55. The van der Waals surface area contributed by atoms with Gasteiger partial charge in [-0.2, -0.15) is 0 Å². The second kappa shape index (κ2) is 7.87. The van der Waals surface area contributed by atoms with Crippen molar-refractivity contribution in [2.45, 2.75) is 39.7 Å². The van der Waals surface area contributed by atoms with Gasteiger partial charge >= 0.3 is 0 Å². The molecular weight excluding hydrogens is 290 g/mol. The molecule has 0 spiro atoms. The van der Waals surface area contributed by atoms with Crippen LogP contribution in [0.2, 0.25) is 0 Å². The molecule has 0 saturated carbocycles. The van der Waals surface area contributed by atoms with Crippen LogP contribution in [0.5, 0.6) is 0 Å². The molecule has 0 aliphatic carbocycles. The summed E-state index contributed by atoms with van der Waals surface area (Å²) in [5, 5.41) is 11.3. The summed E-state index contributed by atoms with van der Waals surface area (Å²) in [6.45, 7) is 6.60. The van der Waals surface area contributed by atoms with E-state index in [1.807, 2.05) is 37.3 Å². The number of benzene rings is 1. The van der Waals surface area contributed by atoms with Gasteiger partial charge in [0.05, 0.1) is 23.5 Å². The molecule has 0 radical (unpaired) electrons. The smallest absolute Gasteiger partial charge is 0.226 e. The number of hydrogen-bond acceptors (Lipinski definition) is 4. The number of hydrogen-bond donors (Lipinski definition) is 2. The Kier molecular flexibility index (Phi) is 5.87. The standard InChI is InChI=1S/C17H25N5O/c1-12(2)9-14(11-18)19-17(23)10-16-13(3)22(21-20-16)15-7-5-4-6-8-15/h4-8,12,14H,9-11,18H2,1-3H3,(H,19,23). The van der Waals surface area contributed by atoms with Crippen LogP contribution in [0.4, 0.5) is 0 Å². The number of aromatic nitrogens is 3. The van der Waals surface area contributed by atoms with Crippen LogP contribution in [-0.2, 0) is 11.2 Å². The summed E-state index contributed by atoms with van der Waals surface area (Å²) < 4.78 is 1.75. The van der Waals surface area contributed by atoms with Crippen molar-refractivity contribution >= 4 is 5.91 Å². The van der Waals surface area contributed by atoms with Gasteiger partial charge in [0.25, 0.3) is 0 Å². The van der Waals surface area contributed by atoms with E-state index in [1.165, 1.54) is 0 Å². The lowest BCUT2D eigenvalue weighted by molar-refractivity contribution is -0.121. The van der Waals surface area contributed by atoms with Gasteiger partial charge in [-0.1, -0.05) is 37.3 Å². The van der Waals surface area contributed by atoms with Crippen LogP contribution >= 0.6 is 0 Å². The van der Waals surface area contributed by atoms with Gasteiger partial charge in [0.15, 0.2) is 0 Å². The first-order valence-electron chi connectivity index (χ1n) is 7.97. The molecule has 3 N–H and O–H groups in total. The normalized spacial score (nSPS) is 12.4. The van der Waals surface area contributed by atoms with E-state index >= 15 is 0 Å². The van der Waals surface area contributed by atoms with Crippen molar-refractivity contribution in [1.29, 1.82) is 0 Å². The number of amides is 1. The molecule has 1 aromatic carbocycles. The van der Waals surface area contributed by atoms with E-state index < -0.39 is 0 Å². The molecule has 1 unspecified atom stereocenters. The molecule has 0 fully saturated rings. The largest absolute Gasteiger partial charge is 0.352 e. The first-order valence-corrected chi connectivity index (χ1v) is 7.97. The van der Waals surface area contributed by atoms with Crippen molar-refractivity contribution in [3.8, 4) is 5.69 Å². The minimum Gasteiger partial charge on any atom is -0.352 e. The minimum absolute atomic E-state index is 0.00646. The molecule has 1 atom stereocenters. The van der Waals surface area contributed by atoms with Crippen molar-refractivity contribution in [2.24, 2.45) is 11.7 Å². The van der Waals surface area contributed by atoms with Crippen LogP contribution < -0.4 is 11.1 Å². The SMILES string of the molecule is Cc1c(CC(=O)NC(CN)CC(C)C)nnn1-c1ccccc1. The van der Waals surface area contributed by atoms with Crippen molar-refractivity contribution in [3.05, 3.63) is 41.7 Å². The summed E-state index contributed by atoms with van der Waals surface area (Å²) in [6, 6.07) is 9.76. The Balaban J connectivity index is 2.03. The Labute approximate surface area is 137 Å². The number of nitrogens with zero attached hydrogens (tertiary/aromatic N) is 3. The first-order chi connectivity index (χ1) is 11.0. The Hall–Kier alpha value is -2.21. The Bertz CT molecular complexity index is 636. The lowest BCUT2D eigenvalue weighted by atomic mass is 10.0. The predicted molar refractivity (Wildman–Crippen MR) is 90.2 cm³/mol. The third kappa shape index (κ3) is 4.63. The zero-order valence-electron chi connectivity index (χ0n) is 14.0. The van der Waals surface area contributed by atoms with E-state index in [-0.39, 0.29) is 18.4 Å². The number of carbonyl (C=O) groups excluding carboxylic acids is 1. The van der Waals surface area contributed by atoms with E-state index in [2.05, 4.69) is 29.5 Å². The van der Waals surface area contributed by atoms with Gasteiger partial charge in [-0.05, 0) is 31.4 Å². The fourth-order valence-corrected chi connectivity index (χ4v) is 2.55. The summed E-state index contributed by atoms with van der Waals surface area (Å²) in [5.41, 5.74) is 8.22. The molecule has 1 heterocycles. The second-order valence-electron chi connectivity index (χ2n) is 6.18. The van der Waals surface area contributed by atoms with Gasteiger partial charge in [-0.3, -0.25) is 4.79 Å². The van der Waals surface area contributed by atoms with E-state index in [4.69, 9.17) is 5.73 Å². The maximum absolute atomic E-state index is 12.2. The van der Waals surface area contributed by atoms with E-state index in [0.29, 0.717) is 18.2 Å². The maximum atomic E-state index is 12.2. The highest BCUT2D eigenvalue weighted by Gasteiger charge is 2.17. The van der Waals surface area contributed by atoms with Crippen LogP contribution in [0.1, 0.15) is 31.7 Å². The van der Waals surface area contributed by atoms with Crippen LogP contribution in [0, 0.1) is 12.8 Å². The number of nitrogens with one attached hydrogen (secondary N) is 1. The number of para-hydroxylation sites is 1. The number of rotatable bonds is 7. The maximum Gasteiger partial charge on any atom is 0.226 e. The van der Waals surface area contributed by atoms with E-state index in [1.54, 1.807) is 4.68 Å². The number of nitrogens with two attached hydrogens (primary N) is 1. The third-order valence-electron chi connectivity index (χ3n) is 3.72. The molecule has 1 amide bonds. The first kappa shape index (κ1) is 17.1. The summed E-state index contributed by atoms with van der Waals surface area (Å²) in [5.74, 6) is 0.425. The molecular formula is C17H25N5O. The van der Waals surface area contributed by atoms with Crippen LogP contribution in [0.15, 0.2) is 30.3 Å². The summed E-state index contributed by atoms with van der Waals surface area (Å²) in [6.07, 6.45) is 1.09. The molecule has 0 bridgehead atoms. The Morgan fingerprint density at radius 3 is 2.61 bits per heavy atom. The van der Waals surface area contributed by atoms with Crippen LogP contribution in [-0.4, -0.2) is 33.5 Å². The van der Waals surface area contributed by atoms with Gasteiger partial charge in [-0.15, -0.1) is 5.10 Å². The van der Waals surface area contributed by atoms with Gasteiger partial charge in [0.2, 0.25) is 5.91 Å². The Morgan fingerprint density at radius 2 is 2.00 bits per heavy atom. The van der Waals surface area contributed by atoms with Gasteiger partial charge < -0.3 is 11.1 Å². The summed E-state index contributed by atoms with van der Waals surface area (Å²) >= 11 is 0. The van der Waals surface area contributed by atoms with Gasteiger partial charge in [0, 0.05) is 12.6 Å². The topological polar surface area (TPSA) is 85.8 Å². The fraction of sp³-hybridized carbons (Fsp3) is 0.471. The zero-order valence-corrected chi connectivity index (χ0v) is 14.0. The predicted octanol–water partition coefficient (Wildman–Crippen LogP) is 1.61. The lowest BCUT2D eigenvalue weighted by Gasteiger charge is -2.18. The van der Waals surface area contributed by atoms with Gasteiger partial charge in [-0.25, -0.2) is 4.68 Å². The quantitative estimate of drug-likeness (QED) is 0.813. The molecule has 2 rings (SSSR count). The monoisotopic (exact) mass is 315 g/mol. The van der Waals surface area contributed by atoms with Crippen molar-refractivity contribution < 1.29 is 4.79 Å². The highest BCUT2D eigenvalue weighted by molar-refractivity contribution is 5.78.